The number of para-hydroxylation sites is 1. The Morgan fingerprint density at radius 1 is 1.43 bits per heavy atom. The van der Waals surface area contributed by atoms with Gasteiger partial charge >= 0.3 is 0 Å². The highest BCUT2D eigenvalue weighted by atomic mass is 32.1. The van der Waals surface area contributed by atoms with Gasteiger partial charge in [0.05, 0.1) is 4.99 Å². The highest BCUT2D eigenvalue weighted by Gasteiger charge is 2.07. The number of hydrogen-bond donors (Lipinski definition) is 2. The number of aromatic amines is 1. The number of nitrogens with two attached hydrogens (primary N) is 1. The summed E-state index contributed by atoms with van der Waals surface area (Å²) in [5, 5.41) is 1.22. The fourth-order valence-electron chi connectivity index (χ4n) is 1.74. The number of fused-ring (bicyclic) bond motifs is 1. The molecule has 0 spiro atoms. The van der Waals surface area contributed by atoms with Crippen molar-refractivity contribution in [2.24, 2.45) is 5.73 Å². The Balaban J connectivity index is 2.62. The molecule has 14 heavy (non-hydrogen) atoms. The first-order chi connectivity index (χ1) is 6.68. The SMILES string of the molecule is Cc1[nH]c2ccccc2c1CC(N)=S. The molecule has 2 rings (SSSR count). The Hall–Kier alpha value is -1.35. The molecule has 1 aromatic heterocycles. The lowest BCUT2D eigenvalue weighted by atomic mass is 10.1. The molecule has 2 nitrogen and oxygen atoms in total. The third-order valence-electron chi connectivity index (χ3n) is 2.38. The molecule has 0 unspecified atom stereocenters. The van der Waals surface area contributed by atoms with Crippen molar-refractivity contribution in [3.8, 4) is 0 Å². The van der Waals surface area contributed by atoms with Gasteiger partial charge in [0.15, 0.2) is 0 Å². The monoisotopic (exact) mass is 204 g/mol. The lowest BCUT2D eigenvalue weighted by Crippen LogP contribution is -2.11. The second kappa shape index (κ2) is 3.42. The molecule has 72 valence electrons. The Kier molecular flexibility index (Phi) is 2.25. The van der Waals surface area contributed by atoms with Gasteiger partial charge in [0.2, 0.25) is 0 Å². The van der Waals surface area contributed by atoms with Gasteiger partial charge in [0.1, 0.15) is 0 Å². The number of H-pyrrole nitrogens is 1. The van der Waals surface area contributed by atoms with Gasteiger partial charge in [0, 0.05) is 23.0 Å². The zero-order chi connectivity index (χ0) is 10.1. The summed E-state index contributed by atoms with van der Waals surface area (Å²) in [5.74, 6) is 0. The van der Waals surface area contributed by atoms with Crippen LogP contribution in [-0.4, -0.2) is 9.97 Å². The molecule has 3 N–H and O–H groups in total. The molecule has 0 aliphatic heterocycles. The van der Waals surface area contributed by atoms with E-state index in [1.54, 1.807) is 0 Å². The van der Waals surface area contributed by atoms with E-state index in [4.69, 9.17) is 18.0 Å². The standard InChI is InChI=1S/C11H12N2S/c1-7-9(6-11(12)14)8-4-2-3-5-10(8)13-7/h2-5,13H,6H2,1H3,(H2,12,14). The number of hydrogen-bond acceptors (Lipinski definition) is 1. The summed E-state index contributed by atoms with van der Waals surface area (Å²) in [4.78, 5) is 3.86. The fraction of sp³-hybridized carbons (Fsp3) is 0.182. The minimum atomic E-state index is 0.540. The summed E-state index contributed by atoms with van der Waals surface area (Å²) in [6, 6.07) is 8.19. The maximum Gasteiger partial charge on any atom is 0.0772 e. The third kappa shape index (κ3) is 1.51. The second-order valence-corrected chi connectivity index (χ2v) is 3.94. The lowest BCUT2D eigenvalue weighted by molar-refractivity contribution is 1.22. The predicted octanol–water partition coefficient (Wildman–Crippen LogP) is 2.30. The van der Waals surface area contributed by atoms with E-state index in [9.17, 15) is 0 Å². The maximum absolute atomic E-state index is 5.56. The van der Waals surface area contributed by atoms with E-state index >= 15 is 0 Å². The number of aromatic nitrogens is 1. The van der Waals surface area contributed by atoms with Crippen molar-refractivity contribution >= 4 is 28.1 Å². The quantitative estimate of drug-likeness (QED) is 0.737. The highest BCUT2D eigenvalue weighted by molar-refractivity contribution is 7.80. The van der Waals surface area contributed by atoms with E-state index < -0.39 is 0 Å². The number of thiocarbonyl (C=S) groups is 1. The van der Waals surface area contributed by atoms with E-state index in [-0.39, 0.29) is 0 Å². The highest BCUT2D eigenvalue weighted by Crippen LogP contribution is 2.21. The van der Waals surface area contributed by atoms with Crippen LogP contribution in [-0.2, 0) is 6.42 Å². The normalized spacial score (nSPS) is 10.6. The number of nitrogens with one attached hydrogen (secondary N) is 1. The van der Waals surface area contributed by atoms with Gasteiger partial charge in [0.25, 0.3) is 0 Å². The van der Waals surface area contributed by atoms with Gasteiger partial charge in [-0.1, -0.05) is 30.4 Å². The third-order valence-corrected chi connectivity index (χ3v) is 2.52. The largest absolute Gasteiger partial charge is 0.393 e. The first-order valence-corrected chi connectivity index (χ1v) is 4.94. The molecule has 0 aliphatic rings. The van der Waals surface area contributed by atoms with Crippen LogP contribution in [0.1, 0.15) is 11.3 Å². The van der Waals surface area contributed by atoms with Crippen molar-refractivity contribution in [2.45, 2.75) is 13.3 Å². The van der Waals surface area contributed by atoms with Gasteiger partial charge in [-0.25, -0.2) is 0 Å². The van der Waals surface area contributed by atoms with Crippen molar-refractivity contribution in [1.82, 2.24) is 4.98 Å². The summed E-state index contributed by atoms with van der Waals surface area (Å²) >= 11 is 4.93. The molecule has 1 heterocycles. The van der Waals surface area contributed by atoms with Crippen LogP contribution in [0.25, 0.3) is 10.9 Å². The molecule has 1 aromatic carbocycles. The van der Waals surface area contributed by atoms with Crippen molar-refractivity contribution in [2.75, 3.05) is 0 Å². The molecular formula is C11H12N2S. The van der Waals surface area contributed by atoms with Crippen LogP contribution in [0.3, 0.4) is 0 Å². The summed E-state index contributed by atoms with van der Waals surface area (Å²) < 4.78 is 0. The molecule has 0 bridgehead atoms. The second-order valence-electron chi connectivity index (χ2n) is 3.42. The first kappa shape index (κ1) is 9.21. The van der Waals surface area contributed by atoms with Crippen LogP contribution in [0.4, 0.5) is 0 Å². The lowest BCUT2D eigenvalue weighted by Gasteiger charge is -1.98. The summed E-state index contributed by atoms with van der Waals surface area (Å²) in [5.41, 5.74) is 9.08. The molecule has 0 saturated carbocycles. The molecule has 0 fully saturated rings. The Bertz CT molecular complexity index is 485. The van der Waals surface area contributed by atoms with Crippen LogP contribution >= 0.6 is 12.2 Å². The minimum absolute atomic E-state index is 0.540. The van der Waals surface area contributed by atoms with E-state index in [0.717, 1.165) is 11.2 Å². The number of benzene rings is 1. The van der Waals surface area contributed by atoms with E-state index in [1.807, 2.05) is 19.1 Å². The topological polar surface area (TPSA) is 41.8 Å². The molecule has 0 amide bonds. The van der Waals surface area contributed by atoms with E-state index in [1.165, 1.54) is 10.9 Å². The molecule has 0 aliphatic carbocycles. The first-order valence-electron chi connectivity index (χ1n) is 4.53. The zero-order valence-corrected chi connectivity index (χ0v) is 8.82. The minimum Gasteiger partial charge on any atom is -0.393 e. The Morgan fingerprint density at radius 2 is 2.14 bits per heavy atom. The zero-order valence-electron chi connectivity index (χ0n) is 8.00. The number of rotatable bonds is 2. The van der Waals surface area contributed by atoms with Gasteiger partial charge in [-0.05, 0) is 18.6 Å². The van der Waals surface area contributed by atoms with Crippen molar-refractivity contribution in [3.63, 3.8) is 0 Å². The molecule has 2 aromatic rings. The summed E-state index contributed by atoms with van der Waals surface area (Å²) in [7, 11) is 0. The van der Waals surface area contributed by atoms with Crippen molar-refractivity contribution in [3.05, 3.63) is 35.5 Å². The van der Waals surface area contributed by atoms with Gasteiger partial charge in [-0.3, -0.25) is 0 Å². The molecule has 0 saturated heterocycles. The van der Waals surface area contributed by atoms with Crippen LogP contribution in [0.5, 0.6) is 0 Å². The van der Waals surface area contributed by atoms with Crippen molar-refractivity contribution in [1.29, 1.82) is 0 Å². The van der Waals surface area contributed by atoms with Crippen molar-refractivity contribution < 1.29 is 0 Å². The Morgan fingerprint density at radius 3 is 2.86 bits per heavy atom. The molecular weight excluding hydrogens is 192 g/mol. The predicted molar refractivity (Wildman–Crippen MR) is 63.5 cm³/mol. The maximum atomic E-state index is 5.56. The number of aryl methyl sites for hydroxylation is 1. The fourth-order valence-corrected chi connectivity index (χ4v) is 1.88. The van der Waals surface area contributed by atoms with Gasteiger partial charge in [-0.2, -0.15) is 0 Å². The van der Waals surface area contributed by atoms with Crippen LogP contribution in [0.15, 0.2) is 24.3 Å². The van der Waals surface area contributed by atoms with Crippen LogP contribution in [0, 0.1) is 6.92 Å². The summed E-state index contributed by atoms with van der Waals surface area (Å²) in [6.45, 7) is 2.05. The van der Waals surface area contributed by atoms with Crippen LogP contribution in [0.2, 0.25) is 0 Å². The summed E-state index contributed by atoms with van der Waals surface area (Å²) in [6.07, 6.45) is 0.672. The molecule has 0 atom stereocenters. The van der Waals surface area contributed by atoms with Gasteiger partial charge in [-0.15, -0.1) is 0 Å². The van der Waals surface area contributed by atoms with E-state index in [0.29, 0.717) is 11.4 Å². The average molecular weight is 204 g/mol. The molecule has 0 radical (unpaired) electrons. The smallest absolute Gasteiger partial charge is 0.0772 e. The van der Waals surface area contributed by atoms with Gasteiger partial charge < -0.3 is 10.7 Å². The van der Waals surface area contributed by atoms with Crippen LogP contribution < -0.4 is 5.73 Å². The average Bonchev–Trinajstić information content (AvgIpc) is 2.43. The van der Waals surface area contributed by atoms with E-state index in [2.05, 4.69) is 17.1 Å². The Labute approximate surface area is 88.1 Å². The molecule has 3 heteroatoms.